The molecule has 0 atom stereocenters. The average molecular weight is 234 g/mol. The van der Waals surface area contributed by atoms with Gasteiger partial charge >= 0.3 is 5.97 Å². The summed E-state index contributed by atoms with van der Waals surface area (Å²) in [5.74, 6) is -1.14. The number of carbonyl (C=O) groups excluding carboxylic acids is 1. The van der Waals surface area contributed by atoms with Gasteiger partial charge in [-0.1, -0.05) is 23.2 Å². The van der Waals surface area contributed by atoms with Crippen molar-refractivity contribution in [3.8, 4) is 0 Å². The summed E-state index contributed by atoms with van der Waals surface area (Å²) in [5, 5.41) is 11.1. The van der Waals surface area contributed by atoms with Crippen LogP contribution in [0.5, 0.6) is 0 Å². The van der Waals surface area contributed by atoms with E-state index in [-0.39, 0.29) is 21.3 Å². The summed E-state index contributed by atoms with van der Waals surface area (Å²) in [4.78, 5) is 20.8. The first-order chi connectivity index (χ1) is 6.56. The Balaban J connectivity index is 3.27. The fourth-order valence-electron chi connectivity index (χ4n) is 0.881. The Morgan fingerprint density at radius 3 is 2.57 bits per heavy atom. The first kappa shape index (κ1) is 10.8. The van der Waals surface area contributed by atoms with E-state index in [9.17, 15) is 9.59 Å². The number of halogens is 2. The number of carboxylic acids is 1. The number of amides is 1. The third-order valence-corrected chi connectivity index (χ3v) is 2.29. The van der Waals surface area contributed by atoms with Gasteiger partial charge in [0.25, 0.3) is 0 Å². The molecular formula is C8H5Cl2NO3. The van der Waals surface area contributed by atoms with Crippen LogP contribution in [0.4, 0.5) is 5.69 Å². The van der Waals surface area contributed by atoms with Crippen LogP contribution in [0.3, 0.4) is 0 Å². The first-order valence-corrected chi connectivity index (χ1v) is 4.24. The molecule has 0 heterocycles. The number of carboxylic acid groups (broad SMARTS) is 1. The maximum absolute atomic E-state index is 10.6. The SMILES string of the molecule is O=CNc1cc(C(=O)O)cc(Cl)c1Cl. The van der Waals surface area contributed by atoms with Crippen LogP contribution >= 0.6 is 23.2 Å². The van der Waals surface area contributed by atoms with Crippen molar-refractivity contribution in [3.63, 3.8) is 0 Å². The van der Waals surface area contributed by atoms with Gasteiger partial charge in [0.1, 0.15) is 0 Å². The molecule has 1 rings (SSSR count). The molecule has 14 heavy (non-hydrogen) atoms. The van der Waals surface area contributed by atoms with Crippen LogP contribution in [-0.4, -0.2) is 17.5 Å². The average Bonchev–Trinajstić information content (AvgIpc) is 2.12. The summed E-state index contributed by atoms with van der Waals surface area (Å²) in [6.07, 6.45) is 0.392. The molecule has 0 bridgehead atoms. The lowest BCUT2D eigenvalue weighted by Gasteiger charge is -2.05. The molecule has 2 N–H and O–H groups in total. The van der Waals surface area contributed by atoms with Crippen LogP contribution < -0.4 is 5.32 Å². The molecule has 6 heteroatoms. The van der Waals surface area contributed by atoms with Gasteiger partial charge in [0.2, 0.25) is 6.41 Å². The summed E-state index contributed by atoms with van der Waals surface area (Å²) in [6.45, 7) is 0. The van der Waals surface area contributed by atoms with E-state index in [0.29, 0.717) is 6.41 Å². The summed E-state index contributed by atoms with van der Waals surface area (Å²) >= 11 is 11.3. The van der Waals surface area contributed by atoms with Crippen molar-refractivity contribution in [3.05, 3.63) is 27.7 Å². The van der Waals surface area contributed by atoms with Crippen molar-refractivity contribution in [2.75, 3.05) is 5.32 Å². The molecule has 0 spiro atoms. The fourth-order valence-corrected chi connectivity index (χ4v) is 1.26. The molecular weight excluding hydrogens is 229 g/mol. The lowest BCUT2D eigenvalue weighted by molar-refractivity contribution is -0.105. The highest BCUT2D eigenvalue weighted by Gasteiger charge is 2.11. The molecule has 1 amide bonds. The van der Waals surface area contributed by atoms with Crippen LogP contribution in [0, 0.1) is 0 Å². The number of carbonyl (C=O) groups is 2. The lowest BCUT2D eigenvalue weighted by Crippen LogP contribution is -2.00. The second kappa shape index (κ2) is 4.30. The Bertz CT molecular complexity index is 392. The lowest BCUT2D eigenvalue weighted by atomic mass is 10.2. The predicted molar refractivity (Wildman–Crippen MR) is 53.1 cm³/mol. The zero-order chi connectivity index (χ0) is 10.7. The number of rotatable bonds is 3. The monoisotopic (exact) mass is 233 g/mol. The van der Waals surface area contributed by atoms with Gasteiger partial charge in [0.05, 0.1) is 21.3 Å². The Kier molecular flexibility index (Phi) is 3.33. The number of benzene rings is 1. The van der Waals surface area contributed by atoms with Crippen molar-refractivity contribution in [1.82, 2.24) is 0 Å². The van der Waals surface area contributed by atoms with Gasteiger partial charge in [-0.3, -0.25) is 4.79 Å². The highest BCUT2D eigenvalue weighted by Crippen LogP contribution is 2.31. The van der Waals surface area contributed by atoms with Gasteiger partial charge in [-0.2, -0.15) is 0 Å². The van der Waals surface area contributed by atoms with Gasteiger partial charge in [-0.25, -0.2) is 4.79 Å². The minimum atomic E-state index is -1.14. The number of nitrogens with one attached hydrogen (secondary N) is 1. The number of hydrogen-bond acceptors (Lipinski definition) is 2. The zero-order valence-corrected chi connectivity index (χ0v) is 8.26. The molecule has 0 fully saturated rings. The molecule has 0 radical (unpaired) electrons. The Labute approximate surface area is 89.4 Å². The van der Waals surface area contributed by atoms with Gasteiger partial charge in [0, 0.05) is 0 Å². The molecule has 74 valence electrons. The van der Waals surface area contributed by atoms with Crippen LogP contribution in [0.15, 0.2) is 12.1 Å². The van der Waals surface area contributed by atoms with Crippen molar-refractivity contribution in [2.24, 2.45) is 0 Å². The van der Waals surface area contributed by atoms with Gasteiger partial charge in [-0.05, 0) is 12.1 Å². The van der Waals surface area contributed by atoms with E-state index in [1.54, 1.807) is 0 Å². The molecule has 0 aliphatic rings. The molecule has 0 unspecified atom stereocenters. The Morgan fingerprint density at radius 1 is 1.43 bits per heavy atom. The quantitative estimate of drug-likeness (QED) is 0.788. The van der Waals surface area contributed by atoms with Crippen molar-refractivity contribution in [2.45, 2.75) is 0 Å². The molecule has 0 aromatic heterocycles. The smallest absolute Gasteiger partial charge is 0.335 e. The van der Waals surface area contributed by atoms with E-state index in [4.69, 9.17) is 28.3 Å². The van der Waals surface area contributed by atoms with Gasteiger partial charge in [-0.15, -0.1) is 0 Å². The minimum absolute atomic E-state index is 0.0382. The van der Waals surface area contributed by atoms with Crippen LogP contribution in [0.2, 0.25) is 10.0 Å². The highest BCUT2D eigenvalue weighted by atomic mass is 35.5. The number of aromatic carboxylic acids is 1. The van der Waals surface area contributed by atoms with Gasteiger partial charge < -0.3 is 10.4 Å². The van der Waals surface area contributed by atoms with E-state index < -0.39 is 5.97 Å². The third kappa shape index (κ3) is 2.16. The highest BCUT2D eigenvalue weighted by molar-refractivity contribution is 6.44. The second-order valence-electron chi connectivity index (χ2n) is 2.39. The van der Waals surface area contributed by atoms with Crippen LogP contribution in [0.1, 0.15) is 10.4 Å². The van der Waals surface area contributed by atoms with Crippen LogP contribution in [-0.2, 0) is 4.79 Å². The van der Waals surface area contributed by atoms with E-state index in [2.05, 4.69) is 5.32 Å². The summed E-state index contributed by atoms with van der Waals surface area (Å²) in [5.41, 5.74) is 0.135. The van der Waals surface area contributed by atoms with Gasteiger partial charge in [0.15, 0.2) is 0 Å². The summed E-state index contributed by atoms with van der Waals surface area (Å²) in [6, 6.07) is 2.44. The molecule has 0 saturated heterocycles. The Hall–Kier alpha value is -1.26. The fraction of sp³-hybridized carbons (Fsp3) is 0. The number of hydrogen-bond donors (Lipinski definition) is 2. The molecule has 0 saturated carbocycles. The van der Waals surface area contributed by atoms with E-state index in [1.165, 1.54) is 12.1 Å². The molecule has 4 nitrogen and oxygen atoms in total. The topological polar surface area (TPSA) is 66.4 Å². The summed E-state index contributed by atoms with van der Waals surface area (Å²) in [7, 11) is 0. The van der Waals surface area contributed by atoms with Crippen molar-refractivity contribution >= 4 is 41.3 Å². The molecule has 1 aromatic rings. The second-order valence-corrected chi connectivity index (χ2v) is 3.17. The van der Waals surface area contributed by atoms with E-state index >= 15 is 0 Å². The molecule has 1 aromatic carbocycles. The normalized spacial score (nSPS) is 9.57. The predicted octanol–water partition coefficient (Wildman–Crippen LogP) is 2.26. The van der Waals surface area contributed by atoms with E-state index in [0.717, 1.165) is 0 Å². The van der Waals surface area contributed by atoms with E-state index in [1.807, 2.05) is 0 Å². The summed E-state index contributed by atoms with van der Waals surface area (Å²) < 4.78 is 0. The van der Waals surface area contributed by atoms with Crippen molar-refractivity contribution < 1.29 is 14.7 Å². The maximum Gasteiger partial charge on any atom is 0.335 e. The first-order valence-electron chi connectivity index (χ1n) is 3.48. The largest absolute Gasteiger partial charge is 0.478 e. The van der Waals surface area contributed by atoms with Crippen molar-refractivity contribution in [1.29, 1.82) is 0 Å². The molecule has 0 aliphatic carbocycles. The Morgan fingerprint density at radius 2 is 2.07 bits per heavy atom. The number of anilines is 1. The third-order valence-electron chi connectivity index (χ3n) is 1.49. The maximum atomic E-state index is 10.6. The standard InChI is InChI=1S/C8H5Cl2NO3/c9-5-1-4(8(13)14)2-6(7(5)10)11-3-12/h1-3H,(H,11,12)(H,13,14). The zero-order valence-electron chi connectivity index (χ0n) is 6.75. The minimum Gasteiger partial charge on any atom is -0.478 e. The van der Waals surface area contributed by atoms with Crippen LogP contribution in [0.25, 0.3) is 0 Å². The molecule has 0 aliphatic heterocycles.